The zero-order chi connectivity index (χ0) is 10.7. The van der Waals surface area contributed by atoms with E-state index in [2.05, 4.69) is 25.2 Å². The lowest BCUT2D eigenvalue weighted by Gasteiger charge is -2.07. The van der Waals surface area contributed by atoms with Crippen LogP contribution in [-0.2, 0) is 13.6 Å². The molecule has 1 heterocycles. The van der Waals surface area contributed by atoms with Crippen LogP contribution >= 0.6 is 0 Å². The van der Waals surface area contributed by atoms with Crippen molar-refractivity contribution < 1.29 is 0 Å². The lowest BCUT2D eigenvalue weighted by atomic mass is 10.2. The number of nitrogens with one attached hydrogen (secondary N) is 1. The summed E-state index contributed by atoms with van der Waals surface area (Å²) in [4.78, 5) is 0. The maximum Gasteiger partial charge on any atom is 0.120 e. The lowest BCUT2D eigenvalue weighted by Crippen LogP contribution is -2.22. The van der Waals surface area contributed by atoms with Crippen molar-refractivity contribution in [1.82, 2.24) is 9.88 Å². The van der Waals surface area contributed by atoms with E-state index in [9.17, 15) is 0 Å². The Bertz CT molecular complexity index is 355. The van der Waals surface area contributed by atoms with E-state index in [1.165, 1.54) is 5.56 Å². The number of aromatic nitrogens is 1. The van der Waals surface area contributed by atoms with Gasteiger partial charge in [0.25, 0.3) is 0 Å². The summed E-state index contributed by atoms with van der Waals surface area (Å²) < 4.78 is 1.93. The SMILES string of the molecule is Cc1c(CNC(C)C)cc(C#N)n1C. The zero-order valence-corrected chi connectivity index (χ0v) is 9.26. The quantitative estimate of drug-likeness (QED) is 0.790. The highest BCUT2D eigenvalue weighted by atomic mass is 15.0. The number of hydrogen-bond donors (Lipinski definition) is 1. The van der Waals surface area contributed by atoms with Crippen LogP contribution in [0.1, 0.15) is 30.8 Å². The van der Waals surface area contributed by atoms with E-state index >= 15 is 0 Å². The minimum atomic E-state index is 0.472. The molecule has 0 saturated heterocycles. The van der Waals surface area contributed by atoms with Crippen LogP contribution < -0.4 is 5.32 Å². The van der Waals surface area contributed by atoms with Crippen molar-refractivity contribution >= 4 is 0 Å². The highest BCUT2D eigenvalue weighted by Gasteiger charge is 2.07. The monoisotopic (exact) mass is 191 g/mol. The molecule has 0 bridgehead atoms. The molecular formula is C11H17N3. The average molecular weight is 191 g/mol. The second-order valence-corrected chi connectivity index (χ2v) is 3.85. The molecule has 0 saturated carbocycles. The van der Waals surface area contributed by atoms with Gasteiger partial charge in [-0.2, -0.15) is 5.26 Å². The third kappa shape index (κ3) is 2.15. The number of rotatable bonds is 3. The minimum Gasteiger partial charge on any atom is -0.340 e. The molecule has 1 aromatic rings. The van der Waals surface area contributed by atoms with Gasteiger partial charge in [-0.05, 0) is 18.6 Å². The first-order valence-corrected chi connectivity index (χ1v) is 4.85. The molecule has 0 aliphatic carbocycles. The van der Waals surface area contributed by atoms with Gasteiger partial charge in [0.15, 0.2) is 0 Å². The second kappa shape index (κ2) is 4.30. The summed E-state index contributed by atoms with van der Waals surface area (Å²) in [5, 5.41) is 12.2. The molecule has 0 aliphatic rings. The molecule has 0 spiro atoms. The van der Waals surface area contributed by atoms with Crippen LogP contribution in [-0.4, -0.2) is 10.6 Å². The fraction of sp³-hybridized carbons (Fsp3) is 0.545. The van der Waals surface area contributed by atoms with E-state index in [1.807, 2.05) is 24.6 Å². The van der Waals surface area contributed by atoms with Crippen molar-refractivity contribution in [2.75, 3.05) is 0 Å². The van der Waals surface area contributed by atoms with Gasteiger partial charge >= 0.3 is 0 Å². The van der Waals surface area contributed by atoms with Gasteiger partial charge in [-0.1, -0.05) is 13.8 Å². The van der Waals surface area contributed by atoms with Crippen LogP contribution in [0.4, 0.5) is 0 Å². The molecule has 1 rings (SSSR count). The van der Waals surface area contributed by atoms with Crippen LogP contribution in [0.25, 0.3) is 0 Å². The maximum atomic E-state index is 8.84. The summed E-state index contributed by atoms with van der Waals surface area (Å²) in [6.45, 7) is 7.10. The van der Waals surface area contributed by atoms with E-state index < -0.39 is 0 Å². The first-order chi connectivity index (χ1) is 6.56. The fourth-order valence-electron chi connectivity index (χ4n) is 1.36. The van der Waals surface area contributed by atoms with Gasteiger partial charge in [-0.15, -0.1) is 0 Å². The Labute approximate surface area is 85.3 Å². The molecule has 0 atom stereocenters. The predicted molar refractivity (Wildman–Crippen MR) is 56.8 cm³/mol. The Morgan fingerprint density at radius 1 is 1.57 bits per heavy atom. The summed E-state index contributed by atoms with van der Waals surface area (Å²) in [5.74, 6) is 0. The molecule has 0 amide bonds. The van der Waals surface area contributed by atoms with Gasteiger partial charge in [-0.25, -0.2) is 0 Å². The average Bonchev–Trinajstić information content (AvgIpc) is 2.41. The van der Waals surface area contributed by atoms with E-state index in [-0.39, 0.29) is 0 Å². The van der Waals surface area contributed by atoms with Gasteiger partial charge in [0.05, 0.1) is 0 Å². The Morgan fingerprint density at radius 3 is 2.64 bits per heavy atom. The molecule has 14 heavy (non-hydrogen) atoms. The first-order valence-electron chi connectivity index (χ1n) is 4.85. The molecule has 0 fully saturated rings. The lowest BCUT2D eigenvalue weighted by molar-refractivity contribution is 0.586. The first kappa shape index (κ1) is 10.8. The molecule has 3 heteroatoms. The standard InChI is InChI=1S/C11H17N3/c1-8(2)13-7-10-5-11(6-12)14(4)9(10)3/h5,8,13H,7H2,1-4H3. The number of nitriles is 1. The van der Waals surface area contributed by atoms with E-state index in [4.69, 9.17) is 5.26 Å². The third-order valence-electron chi connectivity index (χ3n) is 2.46. The van der Waals surface area contributed by atoms with Crippen LogP contribution in [0.3, 0.4) is 0 Å². The van der Waals surface area contributed by atoms with E-state index in [0.717, 1.165) is 17.9 Å². The summed E-state index contributed by atoms with van der Waals surface area (Å²) >= 11 is 0. The fourth-order valence-corrected chi connectivity index (χ4v) is 1.36. The van der Waals surface area contributed by atoms with Crippen molar-refractivity contribution in [3.05, 3.63) is 23.0 Å². The third-order valence-corrected chi connectivity index (χ3v) is 2.46. The number of hydrogen-bond acceptors (Lipinski definition) is 2. The molecule has 0 unspecified atom stereocenters. The molecule has 0 aliphatic heterocycles. The summed E-state index contributed by atoms with van der Waals surface area (Å²) in [5.41, 5.74) is 3.09. The highest BCUT2D eigenvalue weighted by Crippen LogP contribution is 2.12. The van der Waals surface area contributed by atoms with Crippen molar-refractivity contribution in [2.45, 2.75) is 33.4 Å². The van der Waals surface area contributed by atoms with E-state index in [0.29, 0.717) is 6.04 Å². The molecule has 1 aromatic heterocycles. The smallest absolute Gasteiger partial charge is 0.120 e. The Balaban J connectivity index is 2.84. The van der Waals surface area contributed by atoms with E-state index in [1.54, 1.807) is 0 Å². The van der Waals surface area contributed by atoms with Gasteiger partial charge in [0.1, 0.15) is 11.8 Å². The van der Waals surface area contributed by atoms with Gasteiger partial charge in [0, 0.05) is 25.3 Å². The van der Waals surface area contributed by atoms with Crippen LogP contribution in [0.2, 0.25) is 0 Å². The summed E-state index contributed by atoms with van der Waals surface area (Å²) in [6.07, 6.45) is 0. The normalized spacial score (nSPS) is 10.6. The second-order valence-electron chi connectivity index (χ2n) is 3.85. The Hall–Kier alpha value is -1.27. The highest BCUT2D eigenvalue weighted by molar-refractivity contribution is 5.34. The van der Waals surface area contributed by atoms with Crippen molar-refractivity contribution in [1.29, 1.82) is 5.26 Å². The molecule has 1 N–H and O–H groups in total. The van der Waals surface area contributed by atoms with Gasteiger partial charge in [-0.3, -0.25) is 0 Å². The van der Waals surface area contributed by atoms with Crippen LogP contribution in [0.5, 0.6) is 0 Å². The topological polar surface area (TPSA) is 40.8 Å². The largest absolute Gasteiger partial charge is 0.340 e. The maximum absolute atomic E-state index is 8.84. The number of nitrogens with zero attached hydrogens (tertiary/aromatic N) is 2. The predicted octanol–water partition coefficient (Wildman–Crippen LogP) is 1.70. The zero-order valence-electron chi connectivity index (χ0n) is 9.26. The summed E-state index contributed by atoms with van der Waals surface area (Å²) in [6, 6.07) is 4.60. The van der Waals surface area contributed by atoms with Crippen LogP contribution in [0.15, 0.2) is 6.07 Å². The molecular weight excluding hydrogens is 174 g/mol. The minimum absolute atomic E-state index is 0.472. The molecule has 76 valence electrons. The van der Waals surface area contributed by atoms with Crippen LogP contribution in [0, 0.1) is 18.3 Å². The van der Waals surface area contributed by atoms with Crippen molar-refractivity contribution in [3.8, 4) is 6.07 Å². The Kier molecular flexibility index (Phi) is 3.32. The molecule has 0 aromatic carbocycles. The molecule has 0 radical (unpaired) electrons. The van der Waals surface area contributed by atoms with Gasteiger partial charge in [0.2, 0.25) is 0 Å². The van der Waals surface area contributed by atoms with Crippen molar-refractivity contribution in [3.63, 3.8) is 0 Å². The summed E-state index contributed by atoms with van der Waals surface area (Å²) in [7, 11) is 1.92. The Morgan fingerprint density at radius 2 is 2.21 bits per heavy atom. The molecule has 3 nitrogen and oxygen atoms in total. The van der Waals surface area contributed by atoms with Crippen molar-refractivity contribution in [2.24, 2.45) is 7.05 Å². The van der Waals surface area contributed by atoms with Gasteiger partial charge < -0.3 is 9.88 Å².